The van der Waals surface area contributed by atoms with Crippen LogP contribution in [0.2, 0.25) is 5.02 Å². The maximum Gasteiger partial charge on any atom is 0.238 e. The molecule has 2 aromatic rings. The van der Waals surface area contributed by atoms with Gasteiger partial charge in [-0.25, -0.2) is 0 Å². The number of nitrogens with zero attached hydrogens (tertiary/aromatic N) is 1. The molecule has 0 atom stereocenters. The first-order valence-corrected chi connectivity index (χ1v) is 9.45. The third-order valence-electron chi connectivity index (χ3n) is 4.22. The second-order valence-electron chi connectivity index (χ2n) is 6.43. The molecule has 2 aromatic carbocycles. The first kappa shape index (κ1) is 20.9. The Morgan fingerprint density at radius 1 is 0.889 bits per heavy atom. The SMILES string of the molecule is CCc1cccc(CC)c1NC(=O)CN(C)CC(=O)Nc1ccc(Cl)cc1. The summed E-state index contributed by atoms with van der Waals surface area (Å²) in [5.41, 5.74) is 3.80. The number of carbonyl (C=O) groups excluding carboxylic acids is 2. The summed E-state index contributed by atoms with van der Waals surface area (Å²) in [5, 5.41) is 6.41. The van der Waals surface area contributed by atoms with E-state index in [-0.39, 0.29) is 24.9 Å². The third kappa shape index (κ3) is 6.38. The number of carbonyl (C=O) groups is 2. The lowest BCUT2D eigenvalue weighted by atomic mass is 10.0. The standard InChI is InChI=1S/C21H26ClN3O2/c1-4-15-7-6-8-16(5-2)21(15)24-20(27)14-25(3)13-19(26)23-18-11-9-17(22)10-12-18/h6-12H,4-5,13-14H2,1-3H3,(H,23,26)(H,24,27). The number of likely N-dealkylation sites (N-methyl/N-ethyl adjacent to an activating group) is 1. The van der Waals surface area contributed by atoms with Crippen molar-refractivity contribution in [3.8, 4) is 0 Å². The van der Waals surface area contributed by atoms with E-state index in [2.05, 4.69) is 24.5 Å². The van der Waals surface area contributed by atoms with E-state index in [1.54, 1.807) is 36.2 Å². The normalized spacial score (nSPS) is 10.7. The van der Waals surface area contributed by atoms with Crippen molar-refractivity contribution in [1.29, 1.82) is 0 Å². The maximum atomic E-state index is 12.4. The fourth-order valence-electron chi connectivity index (χ4n) is 2.86. The number of para-hydroxylation sites is 1. The number of aryl methyl sites for hydroxylation is 2. The number of anilines is 2. The third-order valence-corrected chi connectivity index (χ3v) is 4.47. The molecule has 0 aliphatic heterocycles. The molecule has 0 fully saturated rings. The molecule has 27 heavy (non-hydrogen) atoms. The monoisotopic (exact) mass is 387 g/mol. The van der Waals surface area contributed by atoms with Gasteiger partial charge in [0, 0.05) is 16.4 Å². The lowest BCUT2D eigenvalue weighted by Crippen LogP contribution is -2.36. The number of halogens is 1. The zero-order valence-corrected chi connectivity index (χ0v) is 16.8. The molecule has 0 saturated carbocycles. The van der Waals surface area contributed by atoms with Crippen molar-refractivity contribution in [2.45, 2.75) is 26.7 Å². The predicted molar refractivity (Wildman–Crippen MR) is 111 cm³/mol. The van der Waals surface area contributed by atoms with Crippen LogP contribution >= 0.6 is 11.6 Å². The Labute approximate surface area is 165 Å². The van der Waals surface area contributed by atoms with Crippen LogP contribution in [-0.4, -0.2) is 36.9 Å². The van der Waals surface area contributed by atoms with Crippen molar-refractivity contribution in [2.75, 3.05) is 30.8 Å². The molecular weight excluding hydrogens is 362 g/mol. The van der Waals surface area contributed by atoms with Crippen LogP contribution in [0.5, 0.6) is 0 Å². The molecule has 2 amide bonds. The topological polar surface area (TPSA) is 61.4 Å². The van der Waals surface area contributed by atoms with Gasteiger partial charge in [0.2, 0.25) is 11.8 Å². The van der Waals surface area contributed by atoms with Crippen LogP contribution in [0.1, 0.15) is 25.0 Å². The second-order valence-corrected chi connectivity index (χ2v) is 6.87. The summed E-state index contributed by atoms with van der Waals surface area (Å²) < 4.78 is 0. The zero-order chi connectivity index (χ0) is 19.8. The van der Waals surface area contributed by atoms with Crippen LogP contribution in [0, 0.1) is 0 Å². The van der Waals surface area contributed by atoms with Crippen molar-refractivity contribution >= 4 is 34.8 Å². The molecule has 6 heteroatoms. The Bertz CT molecular complexity index is 768. The van der Waals surface area contributed by atoms with Crippen molar-refractivity contribution in [1.82, 2.24) is 4.90 Å². The van der Waals surface area contributed by atoms with Crippen LogP contribution in [0.3, 0.4) is 0 Å². The van der Waals surface area contributed by atoms with Crippen LogP contribution in [0.4, 0.5) is 11.4 Å². The largest absolute Gasteiger partial charge is 0.325 e. The van der Waals surface area contributed by atoms with Crippen LogP contribution in [0.25, 0.3) is 0 Å². The highest BCUT2D eigenvalue weighted by atomic mass is 35.5. The van der Waals surface area contributed by atoms with Crippen LogP contribution < -0.4 is 10.6 Å². The molecule has 2 rings (SSSR count). The van der Waals surface area contributed by atoms with Gasteiger partial charge in [0.1, 0.15) is 0 Å². The van der Waals surface area contributed by atoms with Crippen molar-refractivity contribution in [3.05, 3.63) is 58.6 Å². The highest BCUT2D eigenvalue weighted by Gasteiger charge is 2.14. The summed E-state index contributed by atoms with van der Waals surface area (Å²) in [7, 11) is 1.74. The Morgan fingerprint density at radius 2 is 1.41 bits per heavy atom. The first-order valence-electron chi connectivity index (χ1n) is 9.07. The smallest absolute Gasteiger partial charge is 0.238 e. The molecule has 2 N–H and O–H groups in total. The van der Waals surface area contributed by atoms with Gasteiger partial charge >= 0.3 is 0 Å². The van der Waals surface area contributed by atoms with Crippen molar-refractivity contribution in [2.24, 2.45) is 0 Å². The summed E-state index contributed by atoms with van der Waals surface area (Å²) in [6.07, 6.45) is 1.70. The van der Waals surface area contributed by atoms with Gasteiger partial charge in [-0.2, -0.15) is 0 Å². The average Bonchev–Trinajstić information content (AvgIpc) is 2.63. The van der Waals surface area contributed by atoms with E-state index >= 15 is 0 Å². The van der Waals surface area contributed by atoms with E-state index in [0.29, 0.717) is 10.7 Å². The number of hydrogen-bond donors (Lipinski definition) is 2. The molecule has 0 aliphatic carbocycles. The fraction of sp³-hybridized carbons (Fsp3) is 0.333. The number of amides is 2. The first-order chi connectivity index (χ1) is 12.9. The minimum Gasteiger partial charge on any atom is -0.325 e. The molecule has 0 spiro atoms. The second kappa shape index (κ2) is 10.1. The molecular formula is C21H26ClN3O2. The summed E-state index contributed by atoms with van der Waals surface area (Å²) in [6.45, 7) is 4.39. The van der Waals surface area contributed by atoms with Gasteiger partial charge in [-0.1, -0.05) is 43.6 Å². The molecule has 5 nitrogen and oxygen atoms in total. The van der Waals surface area contributed by atoms with E-state index in [9.17, 15) is 9.59 Å². The highest BCUT2D eigenvalue weighted by Crippen LogP contribution is 2.22. The van der Waals surface area contributed by atoms with E-state index in [1.807, 2.05) is 18.2 Å². The Morgan fingerprint density at radius 3 is 1.93 bits per heavy atom. The van der Waals surface area contributed by atoms with Gasteiger partial charge in [0.15, 0.2) is 0 Å². The molecule has 0 unspecified atom stereocenters. The van der Waals surface area contributed by atoms with Crippen molar-refractivity contribution < 1.29 is 9.59 Å². The molecule has 0 aromatic heterocycles. The van der Waals surface area contributed by atoms with E-state index in [4.69, 9.17) is 11.6 Å². The lowest BCUT2D eigenvalue weighted by Gasteiger charge is -2.18. The molecule has 0 radical (unpaired) electrons. The molecule has 0 bridgehead atoms. The quantitative estimate of drug-likeness (QED) is 0.720. The van der Waals surface area contributed by atoms with E-state index in [1.165, 1.54) is 0 Å². The number of benzene rings is 2. The summed E-state index contributed by atoms with van der Waals surface area (Å²) in [5.74, 6) is -0.316. The van der Waals surface area contributed by atoms with Gasteiger partial charge in [-0.3, -0.25) is 14.5 Å². The Kier molecular flexibility index (Phi) is 7.82. The molecule has 0 saturated heterocycles. The number of hydrogen-bond acceptors (Lipinski definition) is 3. The number of rotatable bonds is 8. The Balaban J connectivity index is 1.90. The van der Waals surface area contributed by atoms with E-state index in [0.717, 1.165) is 29.7 Å². The maximum absolute atomic E-state index is 12.4. The minimum atomic E-state index is -0.184. The van der Waals surface area contributed by atoms with Crippen LogP contribution in [0.15, 0.2) is 42.5 Å². The zero-order valence-electron chi connectivity index (χ0n) is 16.0. The van der Waals surface area contributed by atoms with Crippen LogP contribution in [-0.2, 0) is 22.4 Å². The van der Waals surface area contributed by atoms with Gasteiger partial charge in [0.05, 0.1) is 13.1 Å². The summed E-state index contributed by atoms with van der Waals surface area (Å²) in [6, 6.07) is 13.0. The molecule has 144 valence electrons. The summed E-state index contributed by atoms with van der Waals surface area (Å²) >= 11 is 5.83. The molecule has 0 heterocycles. The average molecular weight is 388 g/mol. The minimum absolute atomic E-state index is 0.117. The lowest BCUT2D eigenvalue weighted by molar-refractivity contribution is -0.119. The van der Waals surface area contributed by atoms with Gasteiger partial charge in [0.25, 0.3) is 0 Å². The van der Waals surface area contributed by atoms with Crippen molar-refractivity contribution in [3.63, 3.8) is 0 Å². The highest BCUT2D eigenvalue weighted by molar-refractivity contribution is 6.30. The van der Waals surface area contributed by atoms with Gasteiger partial charge in [-0.05, 0) is 55.3 Å². The summed E-state index contributed by atoms with van der Waals surface area (Å²) in [4.78, 5) is 26.2. The fourth-order valence-corrected chi connectivity index (χ4v) is 2.99. The van der Waals surface area contributed by atoms with E-state index < -0.39 is 0 Å². The van der Waals surface area contributed by atoms with Gasteiger partial charge in [-0.15, -0.1) is 0 Å². The number of nitrogens with one attached hydrogen (secondary N) is 2. The molecule has 0 aliphatic rings. The predicted octanol–water partition coefficient (Wildman–Crippen LogP) is 3.97. The Hall–Kier alpha value is -2.37. The van der Waals surface area contributed by atoms with Gasteiger partial charge < -0.3 is 10.6 Å².